The molecular weight excluding hydrogens is 232 g/mol. The summed E-state index contributed by atoms with van der Waals surface area (Å²) in [6.45, 7) is 8.39. The van der Waals surface area contributed by atoms with Gasteiger partial charge in [0.25, 0.3) is 0 Å². The lowest BCUT2D eigenvalue weighted by Gasteiger charge is -2.32. The Morgan fingerprint density at radius 1 is 1.26 bits per heavy atom. The third kappa shape index (κ3) is 1.44. The molecule has 98 valence electrons. The molecule has 0 amide bonds. The highest BCUT2D eigenvalue weighted by atomic mass is 16.1. The summed E-state index contributed by atoms with van der Waals surface area (Å²) in [5.41, 5.74) is 1.79. The van der Waals surface area contributed by atoms with E-state index in [9.17, 15) is 4.79 Å². The molecule has 19 heavy (non-hydrogen) atoms. The number of carbonyl (C=O) groups is 1. The number of ketones is 1. The summed E-state index contributed by atoms with van der Waals surface area (Å²) in [5.74, 6) is 0.672. The highest BCUT2D eigenvalue weighted by Gasteiger charge is 2.64. The first kappa shape index (κ1) is 12.4. The van der Waals surface area contributed by atoms with Crippen LogP contribution in [0.15, 0.2) is 48.6 Å². The zero-order valence-electron chi connectivity index (χ0n) is 11.6. The van der Waals surface area contributed by atoms with Crippen LogP contribution in [0.5, 0.6) is 0 Å². The van der Waals surface area contributed by atoms with Gasteiger partial charge in [0.15, 0.2) is 5.78 Å². The summed E-state index contributed by atoms with van der Waals surface area (Å²) in [5, 5.41) is 0. The lowest BCUT2D eigenvalue weighted by Crippen LogP contribution is -2.33. The summed E-state index contributed by atoms with van der Waals surface area (Å²) >= 11 is 0. The minimum atomic E-state index is -0.335. The van der Waals surface area contributed by atoms with Crippen LogP contribution >= 0.6 is 0 Å². The smallest absolute Gasteiger partial charge is 0.169 e. The van der Waals surface area contributed by atoms with E-state index in [1.54, 1.807) is 0 Å². The van der Waals surface area contributed by atoms with Crippen LogP contribution in [0.25, 0.3) is 6.08 Å². The number of allylic oxidation sites excluding steroid dienone is 2. The fraction of sp³-hybridized carbons (Fsp3) is 0.389. The van der Waals surface area contributed by atoms with Crippen LogP contribution in [0.3, 0.4) is 0 Å². The van der Waals surface area contributed by atoms with Gasteiger partial charge in [0.1, 0.15) is 0 Å². The molecular formula is C18H20O. The Morgan fingerprint density at radius 2 is 1.95 bits per heavy atom. The van der Waals surface area contributed by atoms with Gasteiger partial charge in [0, 0.05) is 5.57 Å². The number of fused-ring (bicyclic) bond motifs is 2. The quantitative estimate of drug-likeness (QED) is 0.567. The van der Waals surface area contributed by atoms with Gasteiger partial charge in [0.2, 0.25) is 0 Å². The van der Waals surface area contributed by atoms with Crippen LogP contribution in [0.1, 0.15) is 32.3 Å². The Bertz CT molecular complexity index is 565. The van der Waals surface area contributed by atoms with Gasteiger partial charge < -0.3 is 0 Å². The van der Waals surface area contributed by atoms with E-state index in [4.69, 9.17) is 0 Å². The zero-order chi connectivity index (χ0) is 13.7. The molecule has 0 heterocycles. The normalized spacial score (nSPS) is 33.9. The monoisotopic (exact) mass is 252 g/mol. The van der Waals surface area contributed by atoms with Crippen LogP contribution in [0, 0.1) is 16.7 Å². The van der Waals surface area contributed by atoms with Gasteiger partial charge in [-0.2, -0.15) is 0 Å². The maximum absolute atomic E-state index is 12.8. The van der Waals surface area contributed by atoms with E-state index >= 15 is 0 Å². The van der Waals surface area contributed by atoms with Gasteiger partial charge >= 0.3 is 0 Å². The molecule has 1 heteroatoms. The molecule has 2 aliphatic rings. The second kappa shape index (κ2) is 3.93. The van der Waals surface area contributed by atoms with E-state index < -0.39 is 0 Å². The van der Waals surface area contributed by atoms with E-state index in [0.717, 1.165) is 24.0 Å². The molecule has 3 rings (SSSR count). The van der Waals surface area contributed by atoms with E-state index in [-0.39, 0.29) is 10.8 Å². The summed E-state index contributed by atoms with van der Waals surface area (Å²) in [6.07, 6.45) is 6.04. The molecule has 1 nitrogen and oxygen atoms in total. The van der Waals surface area contributed by atoms with Crippen molar-refractivity contribution in [3.05, 3.63) is 54.1 Å². The van der Waals surface area contributed by atoms with E-state index in [1.807, 2.05) is 24.3 Å². The number of hydrogen-bond donors (Lipinski definition) is 0. The molecule has 0 spiro atoms. The van der Waals surface area contributed by atoms with Crippen LogP contribution in [0.4, 0.5) is 0 Å². The minimum Gasteiger partial charge on any atom is -0.294 e. The van der Waals surface area contributed by atoms with Crippen molar-refractivity contribution in [2.75, 3.05) is 0 Å². The highest BCUT2D eigenvalue weighted by Crippen LogP contribution is 2.66. The Morgan fingerprint density at radius 3 is 2.53 bits per heavy atom. The number of rotatable bonds is 2. The van der Waals surface area contributed by atoms with E-state index in [1.165, 1.54) is 0 Å². The van der Waals surface area contributed by atoms with Gasteiger partial charge in [0.05, 0.1) is 5.41 Å². The van der Waals surface area contributed by atoms with E-state index in [0.29, 0.717) is 11.7 Å². The van der Waals surface area contributed by atoms with Crippen molar-refractivity contribution in [1.29, 1.82) is 0 Å². The largest absolute Gasteiger partial charge is 0.294 e. The second-order valence-corrected chi connectivity index (χ2v) is 6.33. The van der Waals surface area contributed by atoms with Gasteiger partial charge in [-0.05, 0) is 35.8 Å². The maximum Gasteiger partial charge on any atom is 0.169 e. The molecule has 0 N–H and O–H groups in total. The zero-order valence-corrected chi connectivity index (χ0v) is 11.6. The molecule has 2 atom stereocenters. The first-order valence-corrected chi connectivity index (χ1v) is 6.98. The molecule has 2 fully saturated rings. The lowest BCUT2D eigenvalue weighted by atomic mass is 9.69. The number of hydrogen-bond acceptors (Lipinski definition) is 1. The van der Waals surface area contributed by atoms with Crippen molar-refractivity contribution in [2.45, 2.75) is 26.7 Å². The average molecular weight is 252 g/mol. The summed E-state index contributed by atoms with van der Waals surface area (Å²) in [4.78, 5) is 12.8. The predicted molar refractivity (Wildman–Crippen MR) is 78.6 cm³/mol. The van der Waals surface area contributed by atoms with Gasteiger partial charge in [-0.3, -0.25) is 4.79 Å². The lowest BCUT2D eigenvalue weighted by molar-refractivity contribution is -0.123. The molecule has 2 saturated carbocycles. The third-order valence-electron chi connectivity index (χ3n) is 5.36. The standard InChI is InChI=1S/C18H20O/c1-4-18-11-10-15(17(18,2)3)14(16(18)19)12-13-8-6-5-7-9-13/h4-9,12,15H,1,10-11H2,2-3H3/b14-12-/t15-,18+/m0/s1. The molecule has 2 bridgehead atoms. The van der Waals surface area contributed by atoms with Crippen molar-refractivity contribution < 1.29 is 4.79 Å². The third-order valence-corrected chi connectivity index (χ3v) is 5.36. The summed E-state index contributed by atoms with van der Waals surface area (Å²) in [7, 11) is 0. The fourth-order valence-electron chi connectivity index (χ4n) is 4.08. The van der Waals surface area contributed by atoms with Gasteiger partial charge in [-0.1, -0.05) is 50.3 Å². The van der Waals surface area contributed by atoms with Gasteiger partial charge in [-0.25, -0.2) is 0 Å². The van der Waals surface area contributed by atoms with Crippen LogP contribution in [0.2, 0.25) is 0 Å². The number of benzene rings is 1. The van der Waals surface area contributed by atoms with Crippen molar-refractivity contribution in [1.82, 2.24) is 0 Å². The molecule has 0 saturated heterocycles. The summed E-state index contributed by atoms with van der Waals surface area (Å²) < 4.78 is 0. The molecule has 0 radical (unpaired) electrons. The Hall–Kier alpha value is -1.63. The molecule has 0 aromatic heterocycles. The van der Waals surface area contributed by atoms with Gasteiger partial charge in [-0.15, -0.1) is 6.58 Å². The molecule has 1 aromatic rings. The molecule has 0 aliphatic heterocycles. The van der Waals surface area contributed by atoms with Crippen molar-refractivity contribution in [3.63, 3.8) is 0 Å². The predicted octanol–water partition coefficient (Wildman–Crippen LogP) is 4.26. The van der Waals surface area contributed by atoms with E-state index in [2.05, 4.69) is 38.6 Å². The van der Waals surface area contributed by atoms with Crippen molar-refractivity contribution in [2.24, 2.45) is 16.7 Å². The molecule has 0 unspecified atom stereocenters. The highest BCUT2D eigenvalue weighted by molar-refractivity contribution is 6.09. The second-order valence-electron chi connectivity index (χ2n) is 6.33. The SMILES string of the molecule is C=C[C@@]12CC[C@@H](/C(=C/c3ccccc3)C1=O)C2(C)C. The maximum atomic E-state index is 12.8. The minimum absolute atomic E-state index is 0.00640. The average Bonchev–Trinajstić information content (AvgIpc) is 2.75. The van der Waals surface area contributed by atoms with Crippen LogP contribution in [-0.2, 0) is 4.79 Å². The molecule has 2 aliphatic carbocycles. The van der Waals surface area contributed by atoms with Crippen molar-refractivity contribution >= 4 is 11.9 Å². The Balaban J connectivity index is 2.10. The number of carbonyl (C=O) groups excluding carboxylic acids is 1. The molecule has 1 aromatic carbocycles. The fourth-order valence-corrected chi connectivity index (χ4v) is 4.08. The first-order chi connectivity index (χ1) is 9.03. The van der Waals surface area contributed by atoms with Crippen molar-refractivity contribution in [3.8, 4) is 0 Å². The Labute approximate surface area is 115 Å². The summed E-state index contributed by atoms with van der Waals surface area (Å²) in [6, 6.07) is 10.1. The number of Topliss-reactive ketones (excluding diaryl/α,β-unsaturated/α-hetero) is 1. The van der Waals surface area contributed by atoms with Crippen LogP contribution in [-0.4, -0.2) is 5.78 Å². The topological polar surface area (TPSA) is 17.1 Å². The Kier molecular flexibility index (Phi) is 2.57. The first-order valence-electron chi connectivity index (χ1n) is 6.98. The van der Waals surface area contributed by atoms with Crippen LogP contribution < -0.4 is 0 Å².